The Labute approximate surface area is 103 Å². The molecule has 2 aromatic rings. The molecule has 1 N–H and O–H groups in total. The van der Waals surface area contributed by atoms with E-state index in [2.05, 4.69) is 53.0 Å². The van der Waals surface area contributed by atoms with E-state index in [0.29, 0.717) is 0 Å². The van der Waals surface area contributed by atoms with Crippen LogP contribution in [0.2, 0.25) is 0 Å². The van der Waals surface area contributed by atoms with E-state index >= 15 is 0 Å². The fourth-order valence-corrected chi connectivity index (χ4v) is 1.89. The molecule has 2 rings (SSSR count). The molecule has 0 atom stereocenters. The molecule has 0 unspecified atom stereocenters. The van der Waals surface area contributed by atoms with E-state index < -0.39 is 0 Å². The largest absolute Gasteiger partial charge is 0.327 e. The van der Waals surface area contributed by atoms with E-state index in [1.807, 2.05) is 12.3 Å². The third-order valence-corrected chi connectivity index (χ3v) is 2.88. The lowest BCUT2D eigenvalue weighted by atomic mass is 10.2. The maximum absolute atomic E-state index is 4.39. The topological polar surface area (TPSA) is 29.9 Å². The second kappa shape index (κ2) is 5.64. The van der Waals surface area contributed by atoms with Crippen molar-refractivity contribution in [1.82, 2.24) is 14.9 Å². The smallest absolute Gasteiger partial charge is 0.106 e. The molecule has 0 aliphatic carbocycles. The number of aryl methyl sites for hydroxylation is 1. The third kappa shape index (κ3) is 2.94. The third-order valence-electron chi connectivity index (χ3n) is 2.88. The standard InChI is InChI=1S/C14H19N3/c1-3-15-9-14-10-16-12(2)17(14)11-13-7-5-4-6-8-13/h4-8,10,15H,3,9,11H2,1-2H3. The number of nitrogens with one attached hydrogen (secondary N) is 1. The van der Waals surface area contributed by atoms with Gasteiger partial charge < -0.3 is 9.88 Å². The van der Waals surface area contributed by atoms with E-state index in [-0.39, 0.29) is 0 Å². The fourth-order valence-electron chi connectivity index (χ4n) is 1.89. The lowest BCUT2D eigenvalue weighted by Gasteiger charge is -2.10. The van der Waals surface area contributed by atoms with Crippen molar-refractivity contribution in [3.05, 3.63) is 53.6 Å². The first kappa shape index (κ1) is 11.9. The van der Waals surface area contributed by atoms with Crippen LogP contribution in [0.1, 0.15) is 24.0 Å². The van der Waals surface area contributed by atoms with Gasteiger partial charge in [-0.15, -0.1) is 0 Å². The van der Waals surface area contributed by atoms with Crippen molar-refractivity contribution in [1.29, 1.82) is 0 Å². The molecule has 90 valence electrons. The zero-order valence-corrected chi connectivity index (χ0v) is 10.5. The molecule has 17 heavy (non-hydrogen) atoms. The van der Waals surface area contributed by atoms with Gasteiger partial charge >= 0.3 is 0 Å². The van der Waals surface area contributed by atoms with Gasteiger partial charge in [0.1, 0.15) is 5.82 Å². The quantitative estimate of drug-likeness (QED) is 0.853. The molecule has 0 saturated carbocycles. The van der Waals surface area contributed by atoms with Crippen LogP contribution in [0.5, 0.6) is 0 Å². The molecule has 3 nitrogen and oxygen atoms in total. The molecule has 0 saturated heterocycles. The molecule has 0 amide bonds. The van der Waals surface area contributed by atoms with Crippen molar-refractivity contribution in [2.24, 2.45) is 0 Å². The average molecular weight is 229 g/mol. The van der Waals surface area contributed by atoms with E-state index in [4.69, 9.17) is 0 Å². The van der Waals surface area contributed by atoms with Gasteiger partial charge in [0.15, 0.2) is 0 Å². The molecule has 0 radical (unpaired) electrons. The number of rotatable bonds is 5. The molecule has 0 aliphatic heterocycles. The van der Waals surface area contributed by atoms with Gasteiger partial charge in [-0.3, -0.25) is 0 Å². The van der Waals surface area contributed by atoms with Gasteiger partial charge in [-0.2, -0.15) is 0 Å². The predicted octanol–water partition coefficient (Wildman–Crippen LogP) is 2.35. The Balaban J connectivity index is 2.17. The van der Waals surface area contributed by atoms with Gasteiger partial charge in [0.05, 0.1) is 5.69 Å². The minimum atomic E-state index is 0.879. The molecule has 1 aromatic carbocycles. The lowest BCUT2D eigenvalue weighted by Crippen LogP contribution is -2.16. The monoisotopic (exact) mass is 229 g/mol. The van der Waals surface area contributed by atoms with Crippen molar-refractivity contribution in [2.75, 3.05) is 6.54 Å². The van der Waals surface area contributed by atoms with E-state index in [9.17, 15) is 0 Å². The summed E-state index contributed by atoms with van der Waals surface area (Å²) in [6.07, 6.45) is 1.96. The molecule has 1 heterocycles. The highest BCUT2D eigenvalue weighted by Gasteiger charge is 2.06. The van der Waals surface area contributed by atoms with Crippen LogP contribution < -0.4 is 5.32 Å². The summed E-state index contributed by atoms with van der Waals surface area (Å²) < 4.78 is 2.26. The summed E-state index contributed by atoms with van der Waals surface area (Å²) >= 11 is 0. The predicted molar refractivity (Wildman–Crippen MR) is 69.9 cm³/mol. The summed E-state index contributed by atoms with van der Waals surface area (Å²) in [6, 6.07) is 10.5. The molecule has 0 spiro atoms. The second-order valence-electron chi connectivity index (χ2n) is 4.15. The van der Waals surface area contributed by atoms with E-state index in [1.54, 1.807) is 0 Å². The van der Waals surface area contributed by atoms with Crippen LogP contribution in [0, 0.1) is 6.92 Å². The van der Waals surface area contributed by atoms with Gasteiger partial charge in [-0.05, 0) is 19.0 Å². The summed E-state index contributed by atoms with van der Waals surface area (Å²) in [5.41, 5.74) is 2.56. The maximum Gasteiger partial charge on any atom is 0.106 e. The van der Waals surface area contributed by atoms with Gasteiger partial charge in [-0.1, -0.05) is 37.3 Å². The van der Waals surface area contributed by atoms with Crippen molar-refractivity contribution < 1.29 is 0 Å². The molecule has 3 heteroatoms. The summed E-state index contributed by atoms with van der Waals surface area (Å²) in [6.45, 7) is 6.93. The number of nitrogens with zero attached hydrogens (tertiary/aromatic N) is 2. The van der Waals surface area contributed by atoms with E-state index in [0.717, 1.165) is 25.5 Å². The maximum atomic E-state index is 4.39. The zero-order chi connectivity index (χ0) is 12.1. The highest BCUT2D eigenvalue weighted by atomic mass is 15.1. The minimum absolute atomic E-state index is 0.879. The summed E-state index contributed by atoms with van der Waals surface area (Å²) in [5.74, 6) is 1.07. The number of hydrogen-bond donors (Lipinski definition) is 1. The Morgan fingerprint density at radius 1 is 1.24 bits per heavy atom. The molecule has 0 bridgehead atoms. The van der Waals surface area contributed by atoms with Crippen LogP contribution in [0.3, 0.4) is 0 Å². The average Bonchev–Trinajstić information content (AvgIpc) is 2.70. The first-order valence-electron chi connectivity index (χ1n) is 6.07. The molecule has 1 aromatic heterocycles. The first-order chi connectivity index (χ1) is 8.31. The minimum Gasteiger partial charge on any atom is -0.327 e. The zero-order valence-electron chi connectivity index (χ0n) is 10.5. The highest BCUT2D eigenvalue weighted by Crippen LogP contribution is 2.09. The fraction of sp³-hybridized carbons (Fsp3) is 0.357. The van der Waals surface area contributed by atoms with Crippen LogP contribution in [-0.2, 0) is 13.1 Å². The van der Waals surface area contributed by atoms with Crippen molar-refractivity contribution in [3.63, 3.8) is 0 Å². The summed E-state index contributed by atoms with van der Waals surface area (Å²) in [4.78, 5) is 4.39. The van der Waals surface area contributed by atoms with E-state index in [1.165, 1.54) is 11.3 Å². The number of hydrogen-bond acceptors (Lipinski definition) is 2. The Bertz CT molecular complexity index is 460. The lowest BCUT2D eigenvalue weighted by molar-refractivity contribution is 0.646. The Morgan fingerprint density at radius 2 is 2.00 bits per heavy atom. The Hall–Kier alpha value is -1.61. The highest BCUT2D eigenvalue weighted by molar-refractivity contribution is 5.17. The SMILES string of the molecule is CCNCc1cnc(C)n1Cc1ccccc1. The summed E-state index contributed by atoms with van der Waals surface area (Å²) in [5, 5.41) is 3.34. The molecule has 0 aliphatic rings. The van der Waals surface area contributed by atoms with Crippen molar-refractivity contribution >= 4 is 0 Å². The van der Waals surface area contributed by atoms with Crippen molar-refractivity contribution in [2.45, 2.75) is 26.9 Å². The van der Waals surface area contributed by atoms with Gasteiger partial charge in [-0.25, -0.2) is 4.98 Å². The van der Waals surface area contributed by atoms with Crippen molar-refractivity contribution in [3.8, 4) is 0 Å². The van der Waals surface area contributed by atoms with Crippen LogP contribution in [0.15, 0.2) is 36.5 Å². The first-order valence-corrected chi connectivity index (χ1v) is 6.07. The molecule has 0 fully saturated rings. The van der Waals surface area contributed by atoms with Crippen LogP contribution in [0.25, 0.3) is 0 Å². The van der Waals surface area contributed by atoms with Crippen LogP contribution in [-0.4, -0.2) is 16.1 Å². The number of benzene rings is 1. The Morgan fingerprint density at radius 3 is 2.71 bits per heavy atom. The number of imidazole rings is 1. The van der Waals surface area contributed by atoms with Gasteiger partial charge in [0.25, 0.3) is 0 Å². The normalized spacial score (nSPS) is 10.7. The van der Waals surface area contributed by atoms with Crippen LogP contribution >= 0.6 is 0 Å². The van der Waals surface area contributed by atoms with Gasteiger partial charge in [0, 0.05) is 19.3 Å². The van der Waals surface area contributed by atoms with Crippen LogP contribution in [0.4, 0.5) is 0 Å². The second-order valence-corrected chi connectivity index (χ2v) is 4.15. The molecular formula is C14H19N3. The molecular weight excluding hydrogens is 210 g/mol. The van der Waals surface area contributed by atoms with Gasteiger partial charge in [0.2, 0.25) is 0 Å². The Kier molecular flexibility index (Phi) is 3.94. The summed E-state index contributed by atoms with van der Waals surface area (Å²) in [7, 11) is 0. The number of aromatic nitrogens is 2.